The topological polar surface area (TPSA) is 58.4 Å². The lowest BCUT2D eigenvalue weighted by molar-refractivity contribution is 0.0687. The lowest BCUT2D eigenvalue weighted by Gasteiger charge is -2.33. The highest BCUT2D eigenvalue weighted by Gasteiger charge is 2.31. The van der Waals surface area contributed by atoms with Gasteiger partial charge in [-0.3, -0.25) is 4.68 Å². The number of rotatable bonds is 4. The van der Waals surface area contributed by atoms with Crippen LogP contribution in [0.25, 0.3) is 0 Å². The average molecular weight is 319 g/mol. The number of carboxylic acid groups (broad SMARTS) is 1. The second kappa shape index (κ2) is 7.04. The van der Waals surface area contributed by atoms with Gasteiger partial charge in [0, 0.05) is 23.8 Å². The summed E-state index contributed by atoms with van der Waals surface area (Å²) in [4.78, 5) is 14.2. The zero-order valence-corrected chi connectivity index (χ0v) is 14.4. The van der Waals surface area contributed by atoms with Gasteiger partial charge in [-0.15, -0.1) is 0 Å². The number of carbonyl (C=O) groups is 1. The monoisotopic (exact) mass is 319 g/mol. The van der Waals surface area contributed by atoms with E-state index in [1.54, 1.807) is 0 Å². The number of carboxylic acids is 1. The van der Waals surface area contributed by atoms with Crippen LogP contribution in [-0.2, 0) is 19.4 Å². The Morgan fingerprint density at radius 3 is 2.57 bits per heavy atom. The van der Waals surface area contributed by atoms with Crippen LogP contribution < -0.4 is 0 Å². The molecule has 1 atom stereocenters. The standard InChI is InChI=1S/C18H29N3O2/c1-13(2)12-21-16-8-7-14(20-9-5-3-4-6-10-20)11-15(16)17(19-21)18(22)23/h13-14H,3-12H2,1-2H3,(H,22,23)/t14-/m1/s1. The summed E-state index contributed by atoms with van der Waals surface area (Å²) in [6.45, 7) is 7.45. The van der Waals surface area contributed by atoms with E-state index in [2.05, 4.69) is 23.8 Å². The Labute approximate surface area is 138 Å². The highest BCUT2D eigenvalue weighted by Crippen LogP contribution is 2.29. The minimum Gasteiger partial charge on any atom is -0.476 e. The van der Waals surface area contributed by atoms with Gasteiger partial charge in [0.15, 0.2) is 5.69 Å². The van der Waals surface area contributed by atoms with Crippen molar-refractivity contribution in [1.29, 1.82) is 0 Å². The van der Waals surface area contributed by atoms with Gasteiger partial charge in [-0.2, -0.15) is 5.10 Å². The molecule has 2 heterocycles. The van der Waals surface area contributed by atoms with E-state index in [1.807, 2.05) is 4.68 Å². The van der Waals surface area contributed by atoms with E-state index in [0.29, 0.717) is 17.7 Å². The number of nitrogens with zero attached hydrogens (tertiary/aromatic N) is 3. The number of aromatic carboxylic acids is 1. The molecular formula is C18H29N3O2. The predicted molar refractivity (Wildman–Crippen MR) is 89.9 cm³/mol. The fourth-order valence-electron chi connectivity index (χ4n) is 4.11. The first-order valence-electron chi connectivity index (χ1n) is 9.12. The Kier molecular flexibility index (Phi) is 5.05. The fourth-order valence-corrected chi connectivity index (χ4v) is 4.11. The molecule has 0 radical (unpaired) electrons. The number of likely N-dealkylation sites (tertiary alicyclic amines) is 1. The smallest absolute Gasteiger partial charge is 0.356 e. The number of hydrogen-bond acceptors (Lipinski definition) is 3. The third-order valence-corrected chi connectivity index (χ3v) is 5.22. The molecule has 1 N–H and O–H groups in total. The van der Waals surface area contributed by atoms with Crippen molar-refractivity contribution in [2.45, 2.75) is 71.4 Å². The highest BCUT2D eigenvalue weighted by molar-refractivity contribution is 5.87. The molecule has 3 rings (SSSR count). The van der Waals surface area contributed by atoms with Gasteiger partial charge in [-0.05, 0) is 51.1 Å². The molecule has 128 valence electrons. The van der Waals surface area contributed by atoms with E-state index in [1.165, 1.54) is 44.5 Å². The second-order valence-corrected chi connectivity index (χ2v) is 7.50. The molecule has 1 saturated heterocycles. The number of aromatic nitrogens is 2. The second-order valence-electron chi connectivity index (χ2n) is 7.50. The van der Waals surface area contributed by atoms with Gasteiger partial charge >= 0.3 is 5.97 Å². The molecule has 0 aromatic carbocycles. The van der Waals surface area contributed by atoms with Crippen molar-refractivity contribution in [3.05, 3.63) is 17.0 Å². The van der Waals surface area contributed by atoms with Gasteiger partial charge < -0.3 is 10.0 Å². The molecule has 0 unspecified atom stereocenters. The normalized spacial score (nSPS) is 22.8. The van der Waals surface area contributed by atoms with Crippen LogP contribution in [0.15, 0.2) is 0 Å². The quantitative estimate of drug-likeness (QED) is 0.927. The van der Waals surface area contributed by atoms with Crippen molar-refractivity contribution in [1.82, 2.24) is 14.7 Å². The van der Waals surface area contributed by atoms with E-state index in [4.69, 9.17) is 0 Å². The minimum absolute atomic E-state index is 0.292. The van der Waals surface area contributed by atoms with Crippen LogP contribution in [0.2, 0.25) is 0 Å². The molecule has 1 aromatic rings. The molecule has 1 fully saturated rings. The zero-order valence-electron chi connectivity index (χ0n) is 14.4. The summed E-state index contributed by atoms with van der Waals surface area (Å²) in [6.07, 6.45) is 8.18. The first-order valence-corrected chi connectivity index (χ1v) is 9.12. The summed E-state index contributed by atoms with van der Waals surface area (Å²) < 4.78 is 1.96. The lowest BCUT2D eigenvalue weighted by Crippen LogP contribution is -2.40. The molecule has 0 saturated carbocycles. The van der Waals surface area contributed by atoms with Gasteiger partial charge in [-0.1, -0.05) is 26.7 Å². The van der Waals surface area contributed by atoms with Crippen LogP contribution in [0, 0.1) is 5.92 Å². The Hall–Kier alpha value is -1.36. The molecule has 0 spiro atoms. The summed E-state index contributed by atoms with van der Waals surface area (Å²) in [5.41, 5.74) is 2.46. The first kappa shape index (κ1) is 16.5. The highest BCUT2D eigenvalue weighted by atomic mass is 16.4. The maximum absolute atomic E-state index is 11.6. The maximum atomic E-state index is 11.6. The van der Waals surface area contributed by atoms with Crippen molar-refractivity contribution < 1.29 is 9.90 Å². The van der Waals surface area contributed by atoms with Crippen LogP contribution in [0.4, 0.5) is 0 Å². The Balaban J connectivity index is 1.83. The van der Waals surface area contributed by atoms with Crippen LogP contribution in [0.3, 0.4) is 0 Å². The van der Waals surface area contributed by atoms with E-state index >= 15 is 0 Å². The minimum atomic E-state index is -0.875. The van der Waals surface area contributed by atoms with E-state index in [-0.39, 0.29) is 0 Å². The molecule has 1 aliphatic carbocycles. The SMILES string of the molecule is CC(C)Cn1nc(C(=O)O)c2c1CC[C@@H](N1CCCCCC1)C2. The maximum Gasteiger partial charge on any atom is 0.356 e. The molecule has 0 amide bonds. The Bertz CT molecular complexity index is 557. The van der Waals surface area contributed by atoms with Crippen molar-refractivity contribution >= 4 is 5.97 Å². The van der Waals surface area contributed by atoms with Crippen molar-refractivity contribution in [3.8, 4) is 0 Å². The molecular weight excluding hydrogens is 290 g/mol. The van der Waals surface area contributed by atoms with Crippen molar-refractivity contribution in [2.75, 3.05) is 13.1 Å². The predicted octanol–water partition coefficient (Wildman–Crippen LogP) is 2.97. The summed E-state index contributed by atoms with van der Waals surface area (Å²) in [5.74, 6) is -0.399. The zero-order chi connectivity index (χ0) is 16.4. The van der Waals surface area contributed by atoms with E-state index in [9.17, 15) is 9.90 Å². The summed E-state index contributed by atoms with van der Waals surface area (Å²) in [7, 11) is 0. The third kappa shape index (κ3) is 3.60. The largest absolute Gasteiger partial charge is 0.476 e. The van der Waals surface area contributed by atoms with E-state index in [0.717, 1.165) is 31.4 Å². The van der Waals surface area contributed by atoms with Crippen LogP contribution >= 0.6 is 0 Å². The van der Waals surface area contributed by atoms with E-state index < -0.39 is 5.97 Å². The Morgan fingerprint density at radius 1 is 1.26 bits per heavy atom. The first-order chi connectivity index (χ1) is 11.1. The van der Waals surface area contributed by atoms with Crippen LogP contribution in [0.5, 0.6) is 0 Å². The lowest BCUT2D eigenvalue weighted by atomic mass is 9.90. The fraction of sp³-hybridized carbons (Fsp3) is 0.778. The van der Waals surface area contributed by atoms with Gasteiger partial charge in [0.25, 0.3) is 0 Å². The summed E-state index contributed by atoms with van der Waals surface area (Å²) in [6, 6.07) is 0.496. The molecule has 5 heteroatoms. The number of hydrogen-bond donors (Lipinski definition) is 1. The molecule has 5 nitrogen and oxygen atoms in total. The average Bonchev–Trinajstić information content (AvgIpc) is 2.70. The number of fused-ring (bicyclic) bond motifs is 1. The summed E-state index contributed by atoms with van der Waals surface area (Å²) >= 11 is 0. The molecule has 2 aliphatic rings. The molecule has 0 bridgehead atoms. The van der Waals surface area contributed by atoms with Gasteiger partial charge in [-0.25, -0.2) is 4.79 Å². The van der Waals surface area contributed by atoms with Crippen molar-refractivity contribution in [3.63, 3.8) is 0 Å². The molecule has 1 aliphatic heterocycles. The van der Waals surface area contributed by atoms with Gasteiger partial charge in [0.2, 0.25) is 0 Å². The van der Waals surface area contributed by atoms with Crippen molar-refractivity contribution in [2.24, 2.45) is 5.92 Å². The van der Waals surface area contributed by atoms with Gasteiger partial charge in [0.1, 0.15) is 0 Å². The molecule has 1 aromatic heterocycles. The van der Waals surface area contributed by atoms with Crippen LogP contribution in [-0.4, -0.2) is 44.9 Å². The van der Waals surface area contributed by atoms with Gasteiger partial charge in [0.05, 0.1) is 0 Å². The third-order valence-electron chi connectivity index (χ3n) is 5.22. The summed E-state index contributed by atoms with van der Waals surface area (Å²) in [5, 5.41) is 14.0. The van der Waals surface area contributed by atoms with Crippen LogP contribution in [0.1, 0.15) is 67.7 Å². The Morgan fingerprint density at radius 2 is 1.96 bits per heavy atom. The molecule has 23 heavy (non-hydrogen) atoms.